The number of carboxylic acids is 1. The monoisotopic (exact) mass is 412 g/mol. The number of nitrogens with two attached hydrogens (primary N) is 1. The van der Waals surface area contributed by atoms with Crippen LogP contribution >= 0.6 is 21.6 Å². The lowest BCUT2D eigenvalue weighted by Crippen LogP contribution is -2.18. The maximum atomic E-state index is 12.6. The third-order valence-corrected chi connectivity index (χ3v) is 6.99. The Hall–Kier alpha value is -2.01. The number of amides is 1. The molecule has 10 heteroatoms. The molecule has 1 unspecified atom stereocenters. The normalized spacial score (nSPS) is 12.4. The van der Waals surface area contributed by atoms with Gasteiger partial charge in [0.1, 0.15) is 10.1 Å². The molecule has 0 bridgehead atoms. The second kappa shape index (κ2) is 8.58. The van der Waals surface area contributed by atoms with Crippen LogP contribution in [-0.2, 0) is 14.8 Å². The van der Waals surface area contributed by atoms with E-state index in [1.165, 1.54) is 18.2 Å². The van der Waals surface area contributed by atoms with E-state index in [-0.39, 0.29) is 10.6 Å². The van der Waals surface area contributed by atoms with E-state index in [0.717, 1.165) is 21.6 Å². The van der Waals surface area contributed by atoms with Crippen LogP contribution in [0.2, 0.25) is 0 Å². The van der Waals surface area contributed by atoms with Crippen LogP contribution in [0.1, 0.15) is 17.3 Å². The first kappa shape index (κ1) is 20.3. The van der Waals surface area contributed by atoms with Crippen molar-refractivity contribution >= 4 is 49.2 Å². The van der Waals surface area contributed by atoms with Gasteiger partial charge in [0.15, 0.2) is 0 Å². The van der Waals surface area contributed by atoms with E-state index in [0.29, 0.717) is 10.5 Å². The highest BCUT2D eigenvalue weighted by Gasteiger charge is 2.19. The maximum absolute atomic E-state index is 12.6. The van der Waals surface area contributed by atoms with Crippen LogP contribution in [0.15, 0.2) is 58.3 Å². The first-order valence-corrected chi connectivity index (χ1v) is 11.0. The average molecular weight is 413 g/mol. The number of hydrogen-bond acceptors (Lipinski definition) is 6. The number of carbonyl (C=O) groups excluding carboxylic acids is 1. The maximum Gasteiger partial charge on any atom is 0.317 e. The summed E-state index contributed by atoms with van der Waals surface area (Å²) in [6.45, 7) is 1.55. The number of rotatable bonds is 7. The molecule has 1 atom stereocenters. The Kier molecular flexibility index (Phi) is 6.70. The summed E-state index contributed by atoms with van der Waals surface area (Å²) in [7, 11) is -1.72. The van der Waals surface area contributed by atoms with Crippen LogP contribution in [0.5, 0.6) is 0 Å². The van der Waals surface area contributed by atoms with Gasteiger partial charge in [-0.25, -0.2) is 13.6 Å². The lowest BCUT2D eigenvalue weighted by atomic mass is 10.2. The van der Waals surface area contributed by atoms with Crippen LogP contribution in [0, 0.1) is 0 Å². The third-order valence-electron chi connectivity index (χ3n) is 3.20. The zero-order valence-electron chi connectivity index (χ0n) is 13.6. The highest BCUT2D eigenvalue weighted by Crippen LogP contribution is 2.36. The van der Waals surface area contributed by atoms with Crippen molar-refractivity contribution in [3.05, 3.63) is 54.1 Å². The molecule has 2 aromatic carbocycles. The van der Waals surface area contributed by atoms with E-state index < -0.39 is 27.1 Å². The summed E-state index contributed by atoms with van der Waals surface area (Å²) in [5.41, 5.74) is 0.373. The molecule has 0 aromatic heterocycles. The fourth-order valence-corrected chi connectivity index (χ4v) is 4.74. The number of carboxylic acid groups (broad SMARTS) is 1. The highest BCUT2D eigenvalue weighted by molar-refractivity contribution is 8.77. The second-order valence-electron chi connectivity index (χ2n) is 5.15. The molecule has 138 valence electrons. The molecule has 0 saturated heterocycles. The van der Waals surface area contributed by atoms with Gasteiger partial charge in [0.2, 0.25) is 10.0 Å². The molecule has 0 saturated carbocycles. The number of anilines is 1. The number of aliphatic carboxylic acids is 1. The lowest BCUT2D eigenvalue weighted by Gasteiger charge is -2.12. The van der Waals surface area contributed by atoms with E-state index in [4.69, 9.17) is 10.2 Å². The lowest BCUT2D eigenvalue weighted by molar-refractivity contribution is -0.136. The van der Waals surface area contributed by atoms with E-state index in [1.54, 1.807) is 37.3 Å². The van der Waals surface area contributed by atoms with Gasteiger partial charge in [-0.3, -0.25) is 9.59 Å². The first-order valence-electron chi connectivity index (χ1n) is 7.28. The Morgan fingerprint density at radius 3 is 2.38 bits per heavy atom. The van der Waals surface area contributed by atoms with Gasteiger partial charge in [0.05, 0.1) is 11.3 Å². The van der Waals surface area contributed by atoms with Crippen LogP contribution in [0.3, 0.4) is 0 Å². The number of sulfonamides is 1. The molecule has 0 radical (unpaired) electrons. The van der Waals surface area contributed by atoms with Crippen LogP contribution in [0.4, 0.5) is 5.69 Å². The standard InChI is InChI=1S/C16H16N2O5S3/c1-10(16(20)21)24-25-13-8-4-2-6-11(13)15(19)18-12-7-3-5-9-14(12)26(17,22)23/h2-10H,1H3,(H,18,19)(H,20,21)(H2,17,22,23). The topological polar surface area (TPSA) is 127 Å². The SMILES string of the molecule is CC(SSc1ccccc1C(=O)Nc1ccccc1S(N)(=O)=O)C(=O)O. The summed E-state index contributed by atoms with van der Waals surface area (Å²) >= 11 is 0. The fourth-order valence-electron chi connectivity index (χ4n) is 1.90. The molecule has 4 N–H and O–H groups in total. The molecular weight excluding hydrogens is 396 g/mol. The molecule has 0 aliphatic carbocycles. The molecule has 26 heavy (non-hydrogen) atoms. The zero-order valence-corrected chi connectivity index (χ0v) is 16.0. The number of hydrogen-bond donors (Lipinski definition) is 3. The van der Waals surface area contributed by atoms with Crippen LogP contribution < -0.4 is 10.5 Å². The molecule has 0 aliphatic heterocycles. The van der Waals surface area contributed by atoms with Crippen molar-refractivity contribution in [2.75, 3.05) is 5.32 Å². The molecule has 7 nitrogen and oxygen atoms in total. The minimum atomic E-state index is -3.99. The predicted octanol–water partition coefficient (Wildman–Crippen LogP) is 2.80. The number of benzene rings is 2. The van der Waals surface area contributed by atoms with Crippen molar-refractivity contribution in [1.82, 2.24) is 0 Å². The van der Waals surface area contributed by atoms with Gasteiger partial charge in [-0.1, -0.05) is 45.9 Å². The van der Waals surface area contributed by atoms with Gasteiger partial charge >= 0.3 is 5.97 Å². The van der Waals surface area contributed by atoms with Crippen LogP contribution in [0.25, 0.3) is 0 Å². The van der Waals surface area contributed by atoms with E-state index >= 15 is 0 Å². The molecule has 2 rings (SSSR count). The summed E-state index contributed by atoms with van der Waals surface area (Å²) in [6, 6.07) is 12.5. The minimum Gasteiger partial charge on any atom is -0.480 e. The average Bonchev–Trinajstić information content (AvgIpc) is 2.59. The van der Waals surface area contributed by atoms with Crippen molar-refractivity contribution in [1.29, 1.82) is 0 Å². The molecular formula is C16H16N2O5S3. The molecule has 0 spiro atoms. The van der Waals surface area contributed by atoms with Crippen molar-refractivity contribution in [2.24, 2.45) is 5.14 Å². The molecule has 0 heterocycles. The quantitative estimate of drug-likeness (QED) is 0.597. The number of carbonyl (C=O) groups is 2. The van der Waals surface area contributed by atoms with Gasteiger partial charge in [-0.2, -0.15) is 0 Å². The Balaban J connectivity index is 2.25. The van der Waals surface area contributed by atoms with Crippen molar-refractivity contribution in [2.45, 2.75) is 22.0 Å². The summed E-state index contributed by atoms with van der Waals surface area (Å²) < 4.78 is 23.3. The third kappa shape index (κ3) is 5.24. The Morgan fingerprint density at radius 2 is 1.73 bits per heavy atom. The van der Waals surface area contributed by atoms with Gasteiger partial charge in [0.25, 0.3) is 5.91 Å². The van der Waals surface area contributed by atoms with Gasteiger partial charge in [-0.15, -0.1) is 0 Å². The fraction of sp³-hybridized carbons (Fsp3) is 0.125. The van der Waals surface area contributed by atoms with Gasteiger partial charge < -0.3 is 10.4 Å². The molecule has 1 amide bonds. The number of primary sulfonamides is 1. The summed E-state index contributed by atoms with van der Waals surface area (Å²) in [4.78, 5) is 23.9. The minimum absolute atomic E-state index is 0.0753. The van der Waals surface area contributed by atoms with Gasteiger partial charge in [0, 0.05) is 4.90 Å². The van der Waals surface area contributed by atoms with E-state index in [9.17, 15) is 18.0 Å². The number of nitrogens with one attached hydrogen (secondary N) is 1. The smallest absolute Gasteiger partial charge is 0.317 e. The molecule has 2 aromatic rings. The van der Waals surface area contributed by atoms with Crippen LogP contribution in [-0.4, -0.2) is 30.7 Å². The Labute approximate surface area is 158 Å². The van der Waals surface area contributed by atoms with Crippen molar-refractivity contribution in [3.63, 3.8) is 0 Å². The first-order chi connectivity index (χ1) is 12.2. The summed E-state index contributed by atoms with van der Waals surface area (Å²) in [5.74, 6) is -1.47. The number of para-hydroxylation sites is 1. The van der Waals surface area contributed by atoms with E-state index in [2.05, 4.69) is 5.32 Å². The molecule has 0 fully saturated rings. The van der Waals surface area contributed by atoms with Gasteiger partial charge in [-0.05, 0) is 31.2 Å². The van der Waals surface area contributed by atoms with Crippen molar-refractivity contribution in [3.8, 4) is 0 Å². The highest BCUT2D eigenvalue weighted by atomic mass is 33.1. The van der Waals surface area contributed by atoms with E-state index in [1.807, 2.05) is 0 Å². The summed E-state index contributed by atoms with van der Waals surface area (Å²) in [5, 5.41) is 16.0. The molecule has 0 aliphatic rings. The van der Waals surface area contributed by atoms with Crippen molar-refractivity contribution < 1.29 is 23.1 Å². The predicted molar refractivity (Wildman–Crippen MR) is 103 cm³/mol. The Bertz CT molecular complexity index is 931. The summed E-state index contributed by atoms with van der Waals surface area (Å²) in [6.07, 6.45) is 0. The largest absolute Gasteiger partial charge is 0.480 e. The second-order valence-corrected chi connectivity index (χ2v) is 9.26. The Morgan fingerprint density at radius 1 is 1.12 bits per heavy atom. The zero-order chi connectivity index (χ0) is 19.3.